The first-order valence-corrected chi connectivity index (χ1v) is 19.0. The van der Waals surface area contributed by atoms with Crippen LogP contribution in [0.5, 0.6) is 0 Å². The topological polar surface area (TPSA) is 151 Å². The minimum absolute atomic E-state index is 0.0452. The SMILES string of the molecule is CCCC/C=C/CC/C=C/C(O)C(COP(=O)(O)OCCN)NC(=O)CC(O)CCCCCCCCCCCCCCCC. The number of nitrogens with one attached hydrogen (secondary N) is 1. The number of phosphoric acid groups is 1. The van der Waals surface area contributed by atoms with Crippen molar-refractivity contribution in [2.45, 2.75) is 167 Å². The Balaban J connectivity index is 4.40. The molecule has 0 saturated carbocycles. The van der Waals surface area contributed by atoms with E-state index in [0.717, 1.165) is 44.9 Å². The molecule has 0 aromatic carbocycles. The van der Waals surface area contributed by atoms with Crippen molar-refractivity contribution in [2.75, 3.05) is 19.8 Å². The number of rotatable bonds is 32. The van der Waals surface area contributed by atoms with Crippen molar-refractivity contribution < 1.29 is 33.5 Å². The summed E-state index contributed by atoms with van der Waals surface area (Å²) in [5.74, 6) is -0.460. The number of carbonyl (C=O) groups is 1. The molecular formula is C34H67N2O7P. The molecule has 0 spiro atoms. The summed E-state index contributed by atoms with van der Waals surface area (Å²) in [6.07, 6.45) is 28.6. The Hall–Kier alpha value is -1.06. The first-order valence-electron chi connectivity index (χ1n) is 17.5. The molecule has 0 heterocycles. The van der Waals surface area contributed by atoms with Gasteiger partial charge in [0.2, 0.25) is 5.91 Å². The molecule has 0 aliphatic carbocycles. The normalized spacial score (nSPS) is 15.5. The van der Waals surface area contributed by atoms with Crippen LogP contribution in [0.15, 0.2) is 24.3 Å². The Morgan fingerprint density at radius 1 is 0.773 bits per heavy atom. The van der Waals surface area contributed by atoms with Crippen LogP contribution in [-0.4, -0.2) is 59.0 Å². The van der Waals surface area contributed by atoms with Gasteiger partial charge in [0.25, 0.3) is 0 Å². The lowest BCUT2D eigenvalue weighted by Gasteiger charge is -2.24. The van der Waals surface area contributed by atoms with Crippen LogP contribution >= 0.6 is 7.82 Å². The molecule has 0 aromatic rings. The number of unbranched alkanes of at least 4 members (excludes halogenated alkanes) is 16. The molecule has 44 heavy (non-hydrogen) atoms. The number of hydrogen-bond acceptors (Lipinski definition) is 7. The van der Waals surface area contributed by atoms with E-state index >= 15 is 0 Å². The largest absolute Gasteiger partial charge is 0.472 e. The molecular weight excluding hydrogens is 579 g/mol. The summed E-state index contributed by atoms with van der Waals surface area (Å²) < 4.78 is 21.8. The van der Waals surface area contributed by atoms with Gasteiger partial charge in [0, 0.05) is 6.54 Å². The predicted molar refractivity (Wildman–Crippen MR) is 181 cm³/mol. The van der Waals surface area contributed by atoms with Gasteiger partial charge in [-0.15, -0.1) is 0 Å². The fourth-order valence-corrected chi connectivity index (χ4v) is 5.64. The second kappa shape index (κ2) is 30.6. The Morgan fingerprint density at radius 3 is 1.86 bits per heavy atom. The van der Waals surface area contributed by atoms with Gasteiger partial charge < -0.3 is 26.2 Å². The molecule has 260 valence electrons. The van der Waals surface area contributed by atoms with Gasteiger partial charge in [0.1, 0.15) is 0 Å². The first-order chi connectivity index (χ1) is 21.3. The molecule has 0 bridgehead atoms. The van der Waals surface area contributed by atoms with E-state index in [1.807, 2.05) is 6.08 Å². The Morgan fingerprint density at radius 2 is 1.30 bits per heavy atom. The zero-order valence-corrected chi connectivity index (χ0v) is 28.9. The van der Waals surface area contributed by atoms with Crippen LogP contribution in [0.4, 0.5) is 0 Å². The molecule has 0 aliphatic rings. The summed E-state index contributed by atoms with van der Waals surface area (Å²) in [6.45, 7) is 3.84. The summed E-state index contributed by atoms with van der Waals surface area (Å²) in [4.78, 5) is 22.5. The minimum Gasteiger partial charge on any atom is -0.393 e. The molecule has 0 aliphatic heterocycles. The maximum atomic E-state index is 12.7. The number of hydrogen-bond donors (Lipinski definition) is 5. The number of nitrogens with two attached hydrogens (primary N) is 1. The van der Waals surface area contributed by atoms with Gasteiger partial charge in [-0.05, 0) is 25.7 Å². The summed E-state index contributed by atoms with van der Waals surface area (Å²) in [6, 6.07) is -0.992. The van der Waals surface area contributed by atoms with E-state index in [-0.39, 0.29) is 19.6 Å². The highest BCUT2D eigenvalue weighted by Gasteiger charge is 2.27. The van der Waals surface area contributed by atoms with Crippen LogP contribution in [0.25, 0.3) is 0 Å². The highest BCUT2D eigenvalue weighted by molar-refractivity contribution is 7.47. The summed E-state index contributed by atoms with van der Waals surface area (Å²) in [7, 11) is -4.39. The van der Waals surface area contributed by atoms with Crippen molar-refractivity contribution in [3.05, 3.63) is 24.3 Å². The Kier molecular flexibility index (Phi) is 29.8. The van der Waals surface area contributed by atoms with Crippen molar-refractivity contribution in [2.24, 2.45) is 5.73 Å². The molecule has 0 radical (unpaired) electrons. The van der Waals surface area contributed by atoms with Crippen molar-refractivity contribution in [1.29, 1.82) is 0 Å². The van der Waals surface area contributed by atoms with Crippen LogP contribution in [0.2, 0.25) is 0 Å². The standard InChI is InChI=1S/C34H67N2O7P/c1-3-5-7-9-11-13-14-15-16-17-18-19-21-23-25-31(37)29-34(39)36-32(30-43-44(40,41)42-28-27-35)33(38)26-24-22-20-12-10-8-6-4-2/h10,12,24,26,31-33,37-38H,3-9,11,13-23,25,27-30,35H2,1-2H3,(H,36,39)(H,40,41)/b12-10+,26-24+. The first kappa shape index (κ1) is 42.9. The number of aliphatic hydroxyl groups is 2. The Bertz CT molecular complexity index is 766. The summed E-state index contributed by atoms with van der Waals surface area (Å²) in [5.41, 5.74) is 5.32. The van der Waals surface area contributed by atoms with Crippen LogP contribution in [-0.2, 0) is 18.4 Å². The van der Waals surface area contributed by atoms with Crippen LogP contribution in [0.1, 0.15) is 149 Å². The third-order valence-electron chi connectivity index (χ3n) is 7.58. The number of allylic oxidation sites excluding steroid dienone is 3. The highest BCUT2D eigenvalue weighted by atomic mass is 31.2. The molecule has 4 atom stereocenters. The average Bonchev–Trinajstić information content (AvgIpc) is 2.99. The number of carbonyl (C=O) groups excluding carboxylic acids is 1. The smallest absolute Gasteiger partial charge is 0.393 e. The third-order valence-corrected chi connectivity index (χ3v) is 8.57. The van der Waals surface area contributed by atoms with Crippen molar-refractivity contribution in [3.8, 4) is 0 Å². The quantitative estimate of drug-likeness (QED) is 0.0284. The van der Waals surface area contributed by atoms with Crippen LogP contribution in [0, 0.1) is 0 Å². The summed E-state index contributed by atoms with van der Waals surface area (Å²) >= 11 is 0. The molecule has 0 fully saturated rings. The van der Waals surface area contributed by atoms with Gasteiger partial charge in [0.05, 0.1) is 37.9 Å². The van der Waals surface area contributed by atoms with E-state index < -0.39 is 38.6 Å². The second-order valence-electron chi connectivity index (χ2n) is 11.9. The maximum absolute atomic E-state index is 12.7. The van der Waals surface area contributed by atoms with Gasteiger partial charge >= 0.3 is 7.82 Å². The average molecular weight is 647 g/mol. The van der Waals surface area contributed by atoms with Crippen molar-refractivity contribution >= 4 is 13.7 Å². The van der Waals surface area contributed by atoms with Gasteiger partial charge in [-0.1, -0.05) is 141 Å². The van der Waals surface area contributed by atoms with E-state index in [1.54, 1.807) is 6.08 Å². The van der Waals surface area contributed by atoms with Crippen molar-refractivity contribution in [3.63, 3.8) is 0 Å². The third kappa shape index (κ3) is 28.4. The van der Waals surface area contributed by atoms with E-state index in [4.69, 9.17) is 14.8 Å². The van der Waals surface area contributed by atoms with Crippen LogP contribution < -0.4 is 11.1 Å². The van der Waals surface area contributed by atoms with Gasteiger partial charge in [-0.25, -0.2) is 4.57 Å². The van der Waals surface area contributed by atoms with Gasteiger partial charge in [-0.3, -0.25) is 13.8 Å². The zero-order chi connectivity index (χ0) is 32.7. The lowest BCUT2D eigenvalue weighted by molar-refractivity contribution is -0.124. The molecule has 1 amide bonds. The molecule has 0 aromatic heterocycles. The fourth-order valence-electron chi connectivity index (χ4n) is 4.88. The van der Waals surface area contributed by atoms with E-state index in [1.165, 1.54) is 70.6 Å². The minimum atomic E-state index is -4.39. The van der Waals surface area contributed by atoms with E-state index in [0.29, 0.717) is 12.8 Å². The second-order valence-corrected chi connectivity index (χ2v) is 13.4. The predicted octanol–water partition coefficient (Wildman–Crippen LogP) is 7.63. The number of amides is 1. The summed E-state index contributed by atoms with van der Waals surface area (Å²) in [5, 5.41) is 23.7. The Labute approximate surface area is 269 Å². The lowest BCUT2D eigenvalue weighted by Crippen LogP contribution is -2.46. The molecule has 0 rings (SSSR count). The van der Waals surface area contributed by atoms with Gasteiger partial charge in [0.15, 0.2) is 0 Å². The van der Waals surface area contributed by atoms with Crippen molar-refractivity contribution in [1.82, 2.24) is 5.32 Å². The molecule has 6 N–H and O–H groups in total. The monoisotopic (exact) mass is 646 g/mol. The van der Waals surface area contributed by atoms with Crippen LogP contribution in [0.3, 0.4) is 0 Å². The lowest BCUT2D eigenvalue weighted by atomic mass is 10.0. The highest BCUT2D eigenvalue weighted by Crippen LogP contribution is 2.43. The fraction of sp³-hybridized carbons (Fsp3) is 0.853. The van der Waals surface area contributed by atoms with E-state index in [9.17, 15) is 24.5 Å². The molecule has 10 heteroatoms. The molecule has 0 saturated heterocycles. The molecule has 9 nitrogen and oxygen atoms in total. The van der Waals surface area contributed by atoms with E-state index in [2.05, 4.69) is 31.3 Å². The number of phosphoric ester groups is 1. The zero-order valence-electron chi connectivity index (χ0n) is 28.0. The van der Waals surface area contributed by atoms with Gasteiger partial charge in [-0.2, -0.15) is 0 Å². The molecule has 4 unspecified atom stereocenters. The number of aliphatic hydroxyl groups excluding tert-OH is 2. The maximum Gasteiger partial charge on any atom is 0.472 e.